The molecule has 0 fully saturated rings. The first-order valence-electron chi connectivity index (χ1n) is 4.28. The first kappa shape index (κ1) is 12.5. The lowest BCUT2D eigenvalue weighted by molar-refractivity contribution is -0.721. The minimum atomic E-state index is 0. The van der Waals surface area contributed by atoms with Gasteiger partial charge in [0.05, 0.1) is 10.7 Å². The number of thioether (sulfide) groups is 1. The van der Waals surface area contributed by atoms with Gasteiger partial charge in [-0.15, -0.1) is 0 Å². The van der Waals surface area contributed by atoms with Crippen LogP contribution in [0.4, 0.5) is 0 Å². The van der Waals surface area contributed by atoms with Crippen LogP contribution in [-0.4, -0.2) is 11.4 Å². The van der Waals surface area contributed by atoms with Crippen molar-refractivity contribution >= 4 is 11.8 Å². The Hall–Kier alpha value is -0.560. The van der Waals surface area contributed by atoms with Gasteiger partial charge >= 0.3 is 11.1 Å². The van der Waals surface area contributed by atoms with Crippen LogP contribution in [0.2, 0.25) is 0 Å². The quantitative estimate of drug-likeness (QED) is 0.397. The molecule has 3 nitrogen and oxygen atoms in total. The molecule has 15 heavy (non-hydrogen) atoms. The van der Waals surface area contributed by atoms with E-state index < -0.39 is 0 Å². The predicted molar refractivity (Wildman–Crippen MR) is 54.9 cm³/mol. The van der Waals surface area contributed by atoms with Gasteiger partial charge in [0.15, 0.2) is 7.05 Å². The molecule has 0 atom stereocenters. The lowest BCUT2D eigenvalue weighted by Gasteiger charge is -1.88. The maximum Gasteiger partial charge on any atom is 0.408 e. The van der Waals surface area contributed by atoms with Gasteiger partial charge in [-0.05, 0) is 23.1 Å². The normalized spacial score (nSPS) is 9.73. The third-order valence-electron chi connectivity index (χ3n) is 1.90. The van der Waals surface area contributed by atoms with Crippen LogP contribution in [0.3, 0.4) is 0 Å². The van der Waals surface area contributed by atoms with Crippen molar-refractivity contribution in [3.05, 3.63) is 30.3 Å². The van der Waals surface area contributed by atoms with Gasteiger partial charge in [0.1, 0.15) is 0 Å². The molecule has 2 rings (SSSR count). The monoisotopic (exact) mass is 334 g/mol. The molecule has 0 saturated heterocycles. The second-order valence-electron chi connectivity index (χ2n) is 2.87. The van der Waals surface area contributed by atoms with Gasteiger partial charge in [0.25, 0.3) is 0 Å². The van der Waals surface area contributed by atoms with Crippen molar-refractivity contribution in [2.45, 2.75) is 5.22 Å². The Labute approximate surface area is 110 Å². The largest absolute Gasteiger partial charge is 1.00 e. The van der Waals surface area contributed by atoms with Crippen molar-refractivity contribution < 1.29 is 33.1 Å². The van der Waals surface area contributed by atoms with Crippen LogP contribution >= 0.6 is 11.8 Å². The van der Waals surface area contributed by atoms with E-state index in [1.165, 1.54) is 11.8 Å². The van der Waals surface area contributed by atoms with E-state index in [1.54, 1.807) is 4.68 Å². The molecule has 0 bridgehead atoms. The standard InChI is InChI=1S/C10H11N2OS.HI/c1-12-9(13-10(11-12)14-2)8-6-4-3-5-7-8;/h3-7H,1-2H3;1H/q+1;/p-1. The van der Waals surface area contributed by atoms with E-state index >= 15 is 0 Å². The fourth-order valence-electron chi connectivity index (χ4n) is 1.25. The van der Waals surface area contributed by atoms with Gasteiger partial charge in [0, 0.05) is 0 Å². The van der Waals surface area contributed by atoms with E-state index in [0.717, 1.165) is 11.5 Å². The number of aromatic nitrogens is 2. The van der Waals surface area contributed by atoms with Crippen molar-refractivity contribution in [1.82, 2.24) is 5.10 Å². The number of halogens is 1. The maximum atomic E-state index is 5.56. The summed E-state index contributed by atoms with van der Waals surface area (Å²) in [7, 11) is 1.88. The van der Waals surface area contributed by atoms with Crippen molar-refractivity contribution in [3.8, 4) is 11.5 Å². The summed E-state index contributed by atoms with van der Waals surface area (Å²) in [6.07, 6.45) is 1.95. The zero-order valence-electron chi connectivity index (χ0n) is 8.48. The summed E-state index contributed by atoms with van der Waals surface area (Å²) in [5.41, 5.74) is 1.04. The van der Waals surface area contributed by atoms with Crippen molar-refractivity contribution in [3.63, 3.8) is 0 Å². The van der Waals surface area contributed by atoms with Crippen LogP contribution in [0.5, 0.6) is 0 Å². The summed E-state index contributed by atoms with van der Waals surface area (Å²) >= 11 is 1.50. The van der Waals surface area contributed by atoms with Crippen LogP contribution in [0.15, 0.2) is 40.0 Å². The Morgan fingerprint density at radius 2 is 1.93 bits per heavy atom. The third-order valence-corrected chi connectivity index (χ3v) is 2.42. The van der Waals surface area contributed by atoms with E-state index in [4.69, 9.17) is 4.42 Å². The summed E-state index contributed by atoms with van der Waals surface area (Å²) < 4.78 is 7.32. The Bertz CT molecular complexity index is 430. The molecule has 0 spiro atoms. The van der Waals surface area contributed by atoms with E-state index in [9.17, 15) is 0 Å². The topological polar surface area (TPSA) is 29.9 Å². The smallest absolute Gasteiger partial charge is 0.408 e. The Kier molecular flexibility index (Phi) is 4.59. The average molecular weight is 334 g/mol. The van der Waals surface area contributed by atoms with Gasteiger partial charge in [-0.3, -0.25) is 0 Å². The molecule has 0 amide bonds. The summed E-state index contributed by atoms with van der Waals surface area (Å²) in [6.45, 7) is 0. The summed E-state index contributed by atoms with van der Waals surface area (Å²) in [5.74, 6) is 0.787. The van der Waals surface area contributed by atoms with Crippen LogP contribution in [0.1, 0.15) is 0 Å². The van der Waals surface area contributed by atoms with Gasteiger partial charge in [-0.2, -0.15) is 0 Å². The minimum absolute atomic E-state index is 0. The number of nitrogens with zero attached hydrogens (tertiary/aromatic N) is 2. The van der Waals surface area contributed by atoms with Crippen molar-refractivity contribution in [2.75, 3.05) is 6.26 Å². The van der Waals surface area contributed by atoms with Crippen LogP contribution in [-0.2, 0) is 7.05 Å². The second-order valence-corrected chi connectivity index (χ2v) is 3.62. The van der Waals surface area contributed by atoms with Gasteiger partial charge in [0.2, 0.25) is 0 Å². The molecule has 0 aliphatic heterocycles. The molecule has 1 heterocycles. The van der Waals surface area contributed by atoms with Crippen LogP contribution < -0.4 is 28.7 Å². The third kappa shape index (κ3) is 2.72. The number of rotatable bonds is 2. The molecule has 0 aliphatic carbocycles. The molecule has 0 saturated carbocycles. The average Bonchev–Trinajstić information content (AvgIpc) is 2.61. The fourth-order valence-corrected chi connectivity index (χ4v) is 1.61. The number of benzene rings is 1. The highest BCUT2D eigenvalue weighted by Gasteiger charge is 2.19. The highest BCUT2D eigenvalue weighted by atomic mass is 127. The molecule has 1 aromatic carbocycles. The first-order valence-corrected chi connectivity index (χ1v) is 5.50. The molecule has 0 aliphatic rings. The molecule has 0 radical (unpaired) electrons. The molecule has 5 heteroatoms. The molecule has 0 N–H and O–H groups in total. The molecule has 0 unspecified atom stereocenters. The zero-order valence-corrected chi connectivity index (χ0v) is 11.4. The second kappa shape index (κ2) is 5.50. The lowest BCUT2D eigenvalue weighted by Crippen LogP contribution is -3.00. The Morgan fingerprint density at radius 1 is 1.27 bits per heavy atom. The van der Waals surface area contributed by atoms with Gasteiger partial charge in [-0.25, -0.2) is 0 Å². The van der Waals surface area contributed by atoms with Crippen LogP contribution in [0, 0.1) is 0 Å². The highest BCUT2D eigenvalue weighted by molar-refractivity contribution is 7.98. The van der Waals surface area contributed by atoms with Gasteiger partial charge in [-0.1, -0.05) is 30.0 Å². The number of hydrogen-bond acceptors (Lipinski definition) is 3. The van der Waals surface area contributed by atoms with E-state index in [1.807, 2.05) is 43.6 Å². The number of aryl methyl sites for hydroxylation is 1. The van der Waals surface area contributed by atoms with Crippen molar-refractivity contribution in [1.29, 1.82) is 0 Å². The summed E-state index contributed by atoms with van der Waals surface area (Å²) in [4.78, 5) is 0. The molecular weight excluding hydrogens is 323 g/mol. The van der Waals surface area contributed by atoms with Gasteiger partial charge < -0.3 is 28.4 Å². The first-order chi connectivity index (χ1) is 6.81. The molecular formula is C10H11IN2OS. The Morgan fingerprint density at radius 3 is 2.47 bits per heavy atom. The maximum absolute atomic E-state index is 5.56. The predicted octanol–water partition coefficient (Wildman–Crippen LogP) is -1.11. The molecule has 1 aromatic heterocycles. The molecule has 2 aromatic rings. The lowest BCUT2D eigenvalue weighted by atomic mass is 10.2. The summed E-state index contributed by atoms with van der Waals surface area (Å²) in [5, 5.41) is 4.90. The van der Waals surface area contributed by atoms with Crippen molar-refractivity contribution in [2.24, 2.45) is 7.05 Å². The zero-order chi connectivity index (χ0) is 9.97. The van der Waals surface area contributed by atoms with Crippen LogP contribution in [0.25, 0.3) is 11.5 Å². The Balaban J connectivity index is 0.00000112. The molecule has 80 valence electrons. The highest BCUT2D eigenvalue weighted by Crippen LogP contribution is 2.19. The van der Waals surface area contributed by atoms with E-state index in [-0.39, 0.29) is 24.0 Å². The SMILES string of the molecule is CSc1n[n+](C)c(-c2ccccc2)o1.[I-]. The fraction of sp³-hybridized carbons (Fsp3) is 0.200. The van der Waals surface area contributed by atoms with E-state index in [2.05, 4.69) is 5.10 Å². The summed E-state index contributed by atoms with van der Waals surface area (Å²) in [6, 6.07) is 9.96. The van der Waals surface area contributed by atoms with E-state index in [0.29, 0.717) is 5.22 Å². The number of hydrogen-bond donors (Lipinski definition) is 0. The minimum Gasteiger partial charge on any atom is -1.00 e.